The minimum atomic E-state index is -0.975. The minimum Gasteiger partial charge on any atom is -0.502 e. The highest BCUT2D eigenvalue weighted by atomic mass is 32.2. The van der Waals surface area contributed by atoms with Crippen molar-refractivity contribution in [3.63, 3.8) is 0 Å². The summed E-state index contributed by atoms with van der Waals surface area (Å²) in [6, 6.07) is 9.21. The van der Waals surface area contributed by atoms with E-state index in [0.29, 0.717) is 18.7 Å². The van der Waals surface area contributed by atoms with Gasteiger partial charge in [-0.25, -0.2) is 13.8 Å². The molecule has 2 fully saturated rings. The van der Waals surface area contributed by atoms with Crippen LogP contribution in [0.2, 0.25) is 0 Å². The molecule has 2 N–H and O–H groups in total. The van der Waals surface area contributed by atoms with Crippen molar-refractivity contribution in [3.05, 3.63) is 92.4 Å². The molecular weight excluding hydrogens is 556 g/mol. The monoisotopic (exact) mass is 581 g/mol. The summed E-state index contributed by atoms with van der Waals surface area (Å²) in [7, 11) is 0. The Morgan fingerprint density at radius 1 is 1.07 bits per heavy atom. The third-order valence-electron chi connectivity index (χ3n) is 8.02. The largest absolute Gasteiger partial charge is 0.502 e. The number of nitrogens with one attached hydrogen (secondary N) is 1. The van der Waals surface area contributed by atoms with E-state index in [4.69, 9.17) is 4.74 Å². The lowest BCUT2D eigenvalue weighted by Crippen LogP contribution is -2.66. The Balaban J connectivity index is 1.49. The molecule has 4 aliphatic rings. The average Bonchev–Trinajstić information content (AvgIpc) is 3.12. The Bertz CT molecular complexity index is 1660. The van der Waals surface area contributed by atoms with Crippen molar-refractivity contribution in [1.82, 2.24) is 20.0 Å². The lowest BCUT2D eigenvalue weighted by atomic mass is 9.93. The summed E-state index contributed by atoms with van der Waals surface area (Å²) in [6.07, 6.45) is 1.39. The van der Waals surface area contributed by atoms with Crippen LogP contribution in [0.3, 0.4) is 0 Å². The maximum Gasteiger partial charge on any atom is 0.278 e. The highest BCUT2D eigenvalue weighted by Crippen LogP contribution is 2.45. The molecule has 0 radical (unpaired) electrons. The van der Waals surface area contributed by atoms with Crippen LogP contribution in [0.5, 0.6) is 5.75 Å². The number of fused-ring (bicyclic) bond motifs is 4. The molecule has 0 spiro atoms. The number of halogens is 2. The molecule has 4 aliphatic heterocycles. The first-order valence-electron chi connectivity index (χ1n) is 13.3. The van der Waals surface area contributed by atoms with Crippen LogP contribution in [-0.4, -0.2) is 70.5 Å². The van der Waals surface area contributed by atoms with Crippen molar-refractivity contribution in [2.24, 2.45) is 0 Å². The Kier molecular flexibility index (Phi) is 6.25. The van der Waals surface area contributed by atoms with E-state index in [1.165, 1.54) is 33.6 Å². The second-order valence-corrected chi connectivity index (χ2v) is 11.3. The number of carbonyl (C=O) groups is 2. The molecule has 7 rings (SSSR count). The quantitative estimate of drug-likeness (QED) is 0.486. The van der Waals surface area contributed by atoms with Gasteiger partial charge in [-0.05, 0) is 29.7 Å². The van der Waals surface area contributed by atoms with E-state index in [0.717, 1.165) is 22.9 Å². The lowest BCUT2D eigenvalue weighted by molar-refractivity contribution is -0.0198. The van der Waals surface area contributed by atoms with Crippen molar-refractivity contribution in [1.29, 1.82) is 0 Å². The molecule has 0 bridgehead atoms. The van der Waals surface area contributed by atoms with E-state index < -0.39 is 46.8 Å². The minimum absolute atomic E-state index is 0.0677. The zero-order valence-electron chi connectivity index (χ0n) is 21.7. The van der Waals surface area contributed by atoms with Gasteiger partial charge in [0, 0.05) is 42.0 Å². The normalized spacial score (nSPS) is 21.7. The van der Waals surface area contributed by atoms with Crippen molar-refractivity contribution >= 4 is 23.6 Å². The van der Waals surface area contributed by atoms with E-state index in [2.05, 4.69) is 5.43 Å². The summed E-state index contributed by atoms with van der Waals surface area (Å²) >= 11 is 1.36. The van der Waals surface area contributed by atoms with Crippen LogP contribution < -0.4 is 15.9 Å². The van der Waals surface area contributed by atoms with Crippen molar-refractivity contribution in [2.45, 2.75) is 29.3 Å². The van der Waals surface area contributed by atoms with E-state index in [1.807, 2.05) is 24.3 Å². The first-order valence-corrected chi connectivity index (χ1v) is 14.2. The van der Waals surface area contributed by atoms with Gasteiger partial charge in [0.25, 0.3) is 11.8 Å². The highest BCUT2D eigenvalue weighted by molar-refractivity contribution is 7.98. The van der Waals surface area contributed by atoms with Crippen LogP contribution >= 0.6 is 11.8 Å². The standard InChI is InChI=1S/C28H25F2N5O5S/c29-19-7-6-15-18(22(19)30)14-41-20-5-2-1-4-16(20)23(15)35-21-13-40-11-10-33(21)28(39)24-26(37)25(36)17(12-34(24)35)27(38)31-32-8-3-9-32/h1-2,4-7,12,21,23,37H,3,8-11,13-14H2,(H,31,38)/t21-,23+/m1/s1. The van der Waals surface area contributed by atoms with Crippen LogP contribution in [0.1, 0.15) is 50.0 Å². The molecule has 41 heavy (non-hydrogen) atoms. The first-order chi connectivity index (χ1) is 19.8. The molecule has 5 heterocycles. The summed E-state index contributed by atoms with van der Waals surface area (Å²) in [4.78, 5) is 42.5. The Hall–Kier alpha value is -3.94. The number of ether oxygens (including phenoxy) is 1. The molecule has 1 aromatic heterocycles. The van der Waals surface area contributed by atoms with Crippen LogP contribution in [0.25, 0.3) is 0 Å². The summed E-state index contributed by atoms with van der Waals surface area (Å²) < 4.78 is 36.9. The number of rotatable bonds is 3. The fourth-order valence-corrected chi connectivity index (χ4v) is 6.95. The van der Waals surface area contributed by atoms with Gasteiger partial charge >= 0.3 is 0 Å². The first kappa shape index (κ1) is 26.0. The van der Waals surface area contributed by atoms with Crippen molar-refractivity contribution in [2.75, 3.05) is 37.9 Å². The maximum atomic E-state index is 15.3. The molecule has 13 heteroatoms. The number of benzene rings is 2. The number of hydrogen-bond donors (Lipinski definition) is 2. The molecule has 0 unspecified atom stereocenters. The predicted molar refractivity (Wildman–Crippen MR) is 144 cm³/mol. The van der Waals surface area contributed by atoms with Gasteiger partial charge in [0.15, 0.2) is 23.1 Å². The number of morpholine rings is 1. The topological polar surface area (TPSA) is 107 Å². The number of aromatic hydroxyl groups is 1. The van der Waals surface area contributed by atoms with Gasteiger partial charge in [0.05, 0.1) is 19.3 Å². The van der Waals surface area contributed by atoms with Gasteiger partial charge in [-0.1, -0.05) is 24.3 Å². The molecular formula is C28H25F2N5O5S. The summed E-state index contributed by atoms with van der Waals surface area (Å²) in [5, 5.41) is 14.5. The van der Waals surface area contributed by atoms with Crippen LogP contribution in [0.4, 0.5) is 8.78 Å². The highest BCUT2D eigenvalue weighted by Gasteiger charge is 2.47. The van der Waals surface area contributed by atoms with Crippen LogP contribution in [-0.2, 0) is 10.5 Å². The molecule has 2 saturated heterocycles. The van der Waals surface area contributed by atoms with E-state index >= 15 is 4.39 Å². The number of pyridine rings is 1. The second-order valence-electron chi connectivity index (χ2n) is 10.3. The Labute approximate surface area is 237 Å². The third kappa shape index (κ3) is 4.02. The zero-order valence-corrected chi connectivity index (χ0v) is 22.5. The second kappa shape index (κ2) is 9.86. The number of hydrogen-bond acceptors (Lipinski definition) is 8. The molecule has 2 amide bonds. The fraction of sp³-hybridized carbons (Fsp3) is 0.321. The van der Waals surface area contributed by atoms with Gasteiger partial charge < -0.3 is 14.7 Å². The number of thioether (sulfide) groups is 1. The van der Waals surface area contributed by atoms with Crippen LogP contribution in [0, 0.1) is 11.6 Å². The van der Waals surface area contributed by atoms with Gasteiger partial charge in [-0.3, -0.25) is 29.5 Å². The molecule has 2 atom stereocenters. The lowest BCUT2D eigenvalue weighted by Gasteiger charge is -2.51. The summed E-state index contributed by atoms with van der Waals surface area (Å²) in [5.74, 6) is -3.95. The van der Waals surface area contributed by atoms with Crippen molar-refractivity contribution < 1.29 is 28.2 Å². The molecule has 10 nitrogen and oxygen atoms in total. The number of hydrazine groups is 1. The number of nitrogens with zero attached hydrogens (tertiary/aromatic N) is 4. The number of aromatic nitrogens is 1. The smallest absolute Gasteiger partial charge is 0.278 e. The Morgan fingerprint density at radius 2 is 1.88 bits per heavy atom. The van der Waals surface area contributed by atoms with Crippen LogP contribution in [0.15, 0.2) is 52.3 Å². The number of amides is 2. The zero-order chi connectivity index (χ0) is 28.4. The molecule has 212 valence electrons. The Morgan fingerprint density at radius 3 is 2.66 bits per heavy atom. The summed E-state index contributed by atoms with van der Waals surface area (Å²) in [6.45, 7) is 1.73. The number of carbonyl (C=O) groups excluding carboxylic acids is 2. The molecule has 0 saturated carbocycles. The van der Waals surface area contributed by atoms with Gasteiger partial charge in [0.1, 0.15) is 11.7 Å². The van der Waals surface area contributed by atoms with Gasteiger partial charge in [-0.2, -0.15) is 0 Å². The average molecular weight is 582 g/mol. The van der Waals surface area contributed by atoms with E-state index in [-0.39, 0.29) is 42.3 Å². The SMILES string of the molecule is O=C(NN1CCC1)c1cn2c(c(O)c1=O)C(=O)N1CCOC[C@H]1N2[C@@H]1c2ccccc2SCc2c1ccc(F)c2F. The summed E-state index contributed by atoms with van der Waals surface area (Å²) in [5.41, 5.74) is 2.39. The fourth-order valence-electron chi connectivity index (χ4n) is 5.84. The van der Waals surface area contributed by atoms with Crippen molar-refractivity contribution in [3.8, 4) is 5.75 Å². The van der Waals surface area contributed by atoms with E-state index in [1.54, 1.807) is 10.0 Å². The van der Waals surface area contributed by atoms with E-state index in [9.17, 15) is 23.9 Å². The predicted octanol–water partition coefficient (Wildman–Crippen LogP) is 2.33. The maximum absolute atomic E-state index is 15.3. The molecule has 0 aliphatic carbocycles. The third-order valence-corrected chi connectivity index (χ3v) is 9.14. The van der Waals surface area contributed by atoms with Gasteiger partial charge in [0.2, 0.25) is 5.43 Å². The van der Waals surface area contributed by atoms with Gasteiger partial charge in [-0.15, -0.1) is 11.8 Å². The molecule has 2 aromatic carbocycles. The molecule has 3 aromatic rings.